The maximum absolute atomic E-state index is 13.4. The molecule has 8 nitrogen and oxygen atoms in total. The van der Waals surface area contributed by atoms with Crippen molar-refractivity contribution in [3.8, 4) is 16.9 Å². The summed E-state index contributed by atoms with van der Waals surface area (Å²) < 4.78 is 7.46. The summed E-state index contributed by atoms with van der Waals surface area (Å²) in [6, 6.07) is 36.3. The number of nitrogens with one attached hydrogen (secondary N) is 2. The van der Waals surface area contributed by atoms with Crippen LogP contribution in [0.15, 0.2) is 121 Å². The van der Waals surface area contributed by atoms with Gasteiger partial charge in [-0.05, 0) is 94.8 Å². The first-order valence-corrected chi connectivity index (χ1v) is 15.7. The molecular formula is C40H36N4O4. The quantitative estimate of drug-likeness (QED) is 0.0857. The Morgan fingerprint density at radius 1 is 0.812 bits per heavy atom. The molecule has 48 heavy (non-hydrogen) atoms. The van der Waals surface area contributed by atoms with Gasteiger partial charge < -0.3 is 25.5 Å². The first-order chi connectivity index (χ1) is 23.3. The van der Waals surface area contributed by atoms with Gasteiger partial charge in [-0.2, -0.15) is 0 Å². The minimum Gasteiger partial charge on any atom is -0.497 e. The van der Waals surface area contributed by atoms with Gasteiger partial charge in [-0.3, -0.25) is 10.2 Å². The van der Waals surface area contributed by atoms with Crippen LogP contribution < -0.4 is 15.8 Å². The molecule has 6 rings (SSSR count). The highest BCUT2D eigenvalue weighted by Gasteiger charge is 2.20. The van der Waals surface area contributed by atoms with Gasteiger partial charge in [0.15, 0.2) is 0 Å². The fourth-order valence-electron chi connectivity index (χ4n) is 6.04. The minimum atomic E-state index is -1.10. The maximum atomic E-state index is 13.4. The Hall–Kier alpha value is -6.15. The number of nitrogens with zero attached hydrogens (tertiary/aromatic N) is 1. The standard InChI is InChI=1S/C40H36N4O4/c1-48-32-15-16-33(36(23-32)40(46)47)34-22-29(39(45)43-19-18-26-8-4-2-5-9-26)12-13-30(34)24-44-25-31(20-27-10-6-3-7-11-27)35-21-28(38(41)42)14-17-37(35)44/h2-17,21-23,25H,18-20,24H2,1H3,(H3,41,42)(H,43,45)(H,46,47). The number of carboxylic acid groups (broad SMARTS) is 1. The predicted molar refractivity (Wildman–Crippen MR) is 189 cm³/mol. The summed E-state index contributed by atoms with van der Waals surface area (Å²) >= 11 is 0. The molecule has 1 amide bonds. The third kappa shape index (κ3) is 6.98. The molecule has 0 fully saturated rings. The molecule has 0 aliphatic heterocycles. The molecule has 6 aromatic rings. The van der Waals surface area contributed by atoms with E-state index in [0.717, 1.165) is 33.2 Å². The number of carboxylic acids is 1. The molecule has 1 heterocycles. The molecule has 0 aliphatic rings. The average Bonchev–Trinajstić information content (AvgIpc) is 3.44. The molecule has 0 unspecified atom stereocenters. The lowest BCUT2D eigenvalue weighted by Gasteiger charge is -2.16. The number of aromatic carboxylic acids is 1. The summed E-state index contributed by atoms with van der Waals surface area (Å²) in [5, 5.41) is 22.2. The van der Waals surface area contributed by atoms with E-state index in [1.54, 1.807) is 24.3 Å². The second-order valence-electron chi connectivity index (χ2n) is 11.7. The van der Waals surface area contributed by atoms with Gasteiger partial charge in [0.25, 0.3) is 5.91 Å². The van der Waals surface area contributed by atoms with E-state index in [1.165, 1.54) is 13.2 Å². The molecule has 0 aliphatic carbocycles. The Bertz CT molecular complexity index is 2120. The zero-order chi connectivity index (χ0) is 33.6. The van der Waals surface area contributed by atoms with Crippen molar-refractivity contribution in [1.82, 2.24) is 9.88 Å². The zero-order valence-electron chi connectivity index (χ0n) is 26.6. The smallest absolute Gasteiger partial charge is 0.336 e. The van der Waals surface area contributed by atoms with Gasteiger partial charge in [0.2, 0.25) is 0 Å². The van der Waals surface area contributed by atoms with Gasteiger partial charge in [-0.1, -0.05) is 66.7 Å². The third-order valence-corrected chi connectivity index (χ3v) is 8.51. The molecule has 5 aromatic carbocycles. The van der Waals surface area contributed by atoms with Crippen molar-refractivity contribution in [2.45, 2.75) is 19.4 Å². The Kier molecular flexibility index (Phi) is 9.34. The monoisotopic (exact) mass is 636 g/mol. The first-order valence-electron chi connectivity index (χ1n) is 15.7. The Morgan fingerprint density at radius 2 is 1.52 bits per heavy atom. The summed E-state index contributed by atoms with van der Waals surface area (Å²) in [5.74, 6) is -0.912. The lowest BCUT2D eigenvalue weighted by Crippen LogP contribution is -2.25. The molecule has 0 radical (unpaired) electrons. The molecule has 0 saturated heterocycles. The number of rotatable bonds is 12. The van der Waals surface area contributed by atoms with Crippen LogP contribution in [-0.4, -0.2) is 41.0 Å². The highest BCUT2D eigenvalue weighted by molar-refractivity contribution is 6.01. The Labute approximate surface area is 278 Å². The van der Waals surface area contributed by atoms with Crippen molar-refractivity contribution in [3.05, 3.63) is 160 Å². The van der Waals surface area contributed by atoms with Crippen LogP contribution >= 0.6 is 0 Å². The molecular weight excluding hydrogens is 600 g/mol. The average molecular weight is 637 g/mol. The second-order valence-corrected chi connectivity index (χ2v) is 11.7. The van der Waals surface area contributed by atoms with Crippen molar-refractivity contribution in [1.29, 1.82) is 5.41 Å². The van der Waals surface area contributed by atoms with Crippen LogP contribution in [0.4, 0.5) is 0 Å². The van der Waals surface area contributed by atoms with E-state index >= 15 is 0 Å². The number of benzene rings is 5. The van der Waals surface area contributed by atoms with Crippen LogP contribution in [0.2, 0.25) is 0 Å². The van der Waals surface area contributed by atoms with Crippen LogP contribution in [0.1, 0.15) is 48.5 Å². The van der Waals surface area contributed by atoms with Gasteiger partial charge in [0.1, 0.15) is 11.6 Å². The first kappa shape index (κ1) is 31.8. The number of carbonyl (C=O) groups is 2. The number of hydrogen-bond donors (Lipinski definition) is 4. The Morgan fingerprint density at radius 3 is 2.21 bits per heavy atom. The van der Waals surface area contributed by atoms with Crippen LogP contribution in [-0.2, 0) is 19.4 Å². The van der Waals surface area contributed by atoms with Crippen molar-refractivity contribution < 1.29 is 19.4 Å². The summed E-state index contributed by atoms with van der Waals surface area (Å²) in [6.45, 7) is 0.867. The third-order valence-electron chi connectivity index (χ3n) is 8.51. The van der Waals surface area contributed by atoms with E-state index in [0.29, 0.717) is 53.9 Å². The second kappa shape index (κ2) is 14.1. The molecule has 0 bridgehead atoms. The number of aromatic nitrogens is 1. The topological polar surface area (TPSA) is 130 Å². The molecule has 240 valence electrons. The maximum Gasteiger partial charge on any atom is 0.336 e. The van der Waals surface area contributed by atoms with E-state index in [1.807, 2.05) is 72.8 Å². The SMILES string of the molecule is COc1ccc(-c2cc(C(=O)NCCc3ccccc3)ccc2Cn2cc(Cc3ccccc3)c3cc(C(=N)N)ccc32)c(C(=O)O)c1. The van der Waals surface area contributed by atoms with Crippen LogP contribution in [0, 0.1) is 5.41 Å². The normalized spacial score (nSPS) is 10.9. The van der Waals surface area contributed by atoms with Gasteiger partial charge >= 0.3 is 5.97 Å². The van der Waals surface area contributed by atoms with Gasteiger partial charge in [-0.25, -0.2) is 4.79 Å². The van der Waals surface area contributed by atoms with Gasteiger partial charge in [0.05, 0.1) is 12.7 Å². The molecule has 5 N–H and O–H groups in total. The predicted octanol–water partition coefficient (Wildman–Crippen LogP) is 6.91. The Balaban J connectivity index is 1.41. The largest absolute Gasteiger partial charge is 0.497 e. The highest BCUT2D eigenvalue weighted by Crippen LogP contribution is 2.33. The van der Waals surface area contributed by atoms with Crippen molar-refractivity contribution in [2.75, 3.05) is 13.7 Å². The number of amides is 1. The highest BCUT2D eigenvalue weighted by atomic mass is 16.5. The number of fused-ring (bicyclic) bond motifs is 1. The number of methoxy groups -OCH3 is 1. The van der Waals surface area contributed by atoms with Gasteiger partial charge in [-0.15, -0.1) is 0 Å². The number of nitrogen functional groups attached to an aromatic ring is 1. The van der Waals surface area contributed by atoms with E-state index in [4.69, 9.17) is 15.9 Å². The van der Waals surface area contributed by atoms with E-state index < -0.39 is 5.97 Å². The fourth-order valence-corrected chi connectivity index (χ4v) is 6.04. The molecule has 8 heteroatoms. The zero-order valence-corrected chi connectivity index (χ0v) is 26.6. The van der Waals surface area contributed by atoms with Crippen LogP contribution in [0.3, 0.4) is 0 Å². The summed E-state index contributed by atoms with van der Waals surface area (Å²) in [6.07, 6.45) is 3.47. The fraction of sp³-hybridized carbons (Fsp3) is 0.125. The number of carbonyl (C=O) groups excluding carboxylic acids is 1. The van der Waals surface area contributed by atoms with Crippen LogP contribution in [0.25, 0.3) is 22.0 Å². The van der Waals surface area contributed by atoms with E-state index in [-0.39, 0.29) is 17.3 Å². The number of amidine groups is 1. The van der Waals surface area contributed by atoms with Crippen molar-refractivity contribution in [2.24, 2.45) is 5.73 Å². The van der Waals surface area contributed by atoms with E-state index in [2.05, 4.69) is 28.2 Å². The lowest BCUT2D eigenvalue weighted by molar-refractivity contribution is 0.0697. The molecule has 1 aromatic heterocycles. The van der Waals surface area contributed by atoms with Crippen LogP contribution in [0.5, 0.6) is 5.75 Å². The van der Waals surface area contributed by atoms with Crippen molar-refractivity contribution >= 4 is 28.6 Å². The van der Waals surface area contributed by atoms with Crippen molar-refractivity contribution in [3.63, 3.8) is 0 Å². The summed E-state index contributed by atoms with van der Waals surface area (Å²) in [7, 11) is 1.49. The summed E-state index contributed by atoms with van der Waals surface area (Å²) in [5.41, 5.74) is 13.3. The minimum absolute atomic E-state index is 0.00376. The van der Waals surface area contributed by atoms with Gasteiger partial charge in [0, 0.05) is 41.3 Å². The van der Waals surface area contributed by atoms with E-state index in [9.17, 15) is 14.7 Å². The molecule has 0 saturated carbocycles. The lowest BCUT2D eigenvalue weighted by atomic mass is 9.93. The number of hydrogen-bond acceptors (Lipinski definition) is 4. The summed E-state index contributed by atoms with van der Waals surface area (Å²) in [4.78, 5) is 25.9. The molecule has 0 spiro atoms. The number of nitrogens with two attached hydrogens (primary N) is 1. The number of ether oxygens (including phenoxy) is 1. The molecule has 0 atom stereocenters.